The van der Waals surface area contributed by atoms with Crippen LogP contribution in [-0.2, 0) is 0 Å². The van der Waals surface area contributed by atoms with Gasteiger partial charge in [-0.15, -0.1) is 0 Å². The Morgan fingerprint density at radius 3 is 2.04 bits per heavy atom. The van der Waals surface area contributed by atoms with Gasteiger partial charge in [0.15, 0.2) is 0 Å². The molecule has 0 aromatic heterocycles. The summed E-state index contributed by atoms with van der Waals surface area (Å²) in [5.74, 6) is 3.22. The second kappa shape index (κ2) is 9.50. The Hall–Kier alpha value is -1.18. The monoisotopic (exact) mass is 346 g/mol. The average molecular weight is 347 g/mol. The van der Waals surface area contributed by atoms with Crippen molar-refractivity contribution in [3.8, 4) is 0 Å². The van der Waals surface area contributed by atoms with Gasteiger partial charge in [-0.25, -0.2) is 8.78 Å². The Morgan fingerprint density at radius 2 is 1.44 bits per heavy atom. The van der Waals surface area contributed by atoms with Crippen LogP contribution in [0, 0.1) is 23.6 Å². The van der Waals surface area contributed by atoms with Gasteiger partial charge in [0.25, 0.3) is 0 Å². The number of rotatable bonds is 6. The van der Waals surface area contributed by atoms with Crippen LogP contribution in [0.1, 0.15) is 82.1 Å². The zero-order valence-electron chi connectivity index (χ0n) is 15.3. The van der Waals surface area contributed by atoms with Crippen LogP contribution in [0.15, 0.2) is 36.7 Å². The van der Waals surface area contributed by atoms with Crippen LogP contribution in [0.5, 0.6) is 0 Å². The molecular formula is C23H32F2. The van der Waals surface area contributed by atoms with Crippen LogP contribution in [0.4, 0.5) is 8.78 Å². The smallest absolute Gasteiger partial charge is 0.123 e. The minimum absolute atomic E-state index is 0.130. The van der Waals surface area contributed by atoms with Gasteiger partial charge in [0.1, 0.15) is 5.82 Å². The Bertz CT molecular complexity index is 518. The summed E-state index contributed by atoms with van der Waals surface area (Å²) in [5.41, 5.74) is 1.32. The number of allylic oxidation sites excluding steroid dienone is 1. The molecule has 0 spiro atoms. The predicted octanol–water partition coefficient (Wildman–Crippen LogP) is 7.56. The van der Waals surface area contributed by atoms with Gasteiger partial charge >= 0.3 is 0 Å². The van der Waals surface area contributed by atoms with E-state index >= 15 is 0 Å². The van der Waals surface area contributed by atoms with Gasteiger partial charge < -0.3 is 0 Å². The van der Waals surface area contributed by atoms with Crippen LogP contribution in [-0.4, -0.2) is 0 Å². The summed E-state index contributed by atoms with van der Waals surface area (Å²) in [5, 5.41) is 0. The fourth-order valence-electron chi connectivity index (χ4n) is 5.19. The molecule has 0 bridgehead atoms. The standard InChI is InChI=1S/C23H32F2/c24-17-3-1-2-4-18-5-7-19(8-6-18)20-9-11-21(12-10-20)22-13-15-23(25)16-14-22/h3,13-21H,1-2,4-12H2/b17-3+/t18-,19-,20?,21?. The molecule has 0 N–H and O–H groups in total. The molecule has 0 radical (unpaired) electrons. The zero-order valence-corrected chi connectivity index (χ0v) is 15.3. The average Bonchev–Trinajstić information content (AvgIpc) is 2.67. The van der Waals surface area contributed by atoms with Crippen molar-refractivity contribution >= 4 is 0 Å². The first-order valence-electron chi connectivity index (χ1n) is 10.3. The molecule has 0 amide bonds. The lowest BCUT2D eigenvalue weighted by molar-refractivity contribution is 0.156. The highest BCUT2D eigenvalue weighted by atomic mass is 19.1. The van der Waals surface area contributed by atoms with Crippen LogP contribution in [0.3, 0.4) is 0 Å². The molecule has 0 nitrogen and oxygen atoms in total. The molecular weight excluding hydrogens is 314 g/mol. The lowest BCUT2D eigenvalue weighted by Gasteiger charge is -2.38. The quantitative estimate of drug-likeness (QED) is 0.466. The first-order valence-corrected chi connectivity index (χ1v) is 10.3. The van der Waals surface area contributed by atoms with Gasteiger partial charge in [-0.3, -0.25) is 0 Å². The van der Waals surface area contributed by atoms with E-state index in [0.29, 0.717) is 12.2 Å². The van der Waals surface area contributed by atoms with Crippen molar-refractivity contribution < 1.29 is 8.78 Å². The molecule has 2 heteroatoms. The summed E-state index contributed by atoms with van der Waals surface area (Å²) >= 11 is 0. The van der Waals surface area contributed by atoms with E-state index in [9.17, 15) is 8.78 Å². The third-order valence-corrected chi connectivity index (χ3v) is 6.74. The Labute approximate surface area is 151 Å². The van der Waals surface area contributed by atoms with Gasteiger partial charge in [-0.1, -0.05) is 37.5 Å². The maximum absolute atomic E-state index is 13.1. The van der Waals surface area contributed by atoms with Crippen molar-refractivity contribution in [2.24, 2.45) is 17.8 Å². The van der Waals surface area contributed by atoms with E-state index in [1.54, 1.807) is 18.2 Å². The summed E-state index contributed by atoms with van der Waals surface area (Å²) < 4.78 is 25.1. The molecule has 2 aliphatic carbocycles. The number of hydrogen-bond acceptors (Lipinski definition) is 0. The van der Waals surface area contributed by atoms with Crippen molar-refractivity contribution in [2.45, 2.75) is 76.5 Å². The minimum atomic E-state index is -0.130. The Kier molecular flexibility index (Phi) is 7.07. The Balaban J connectivity index is 1.38. The fraction of sp³-hybridized carbons (Fsp3) is 0.652. The topological polar surface area (TPSA) is 0 Å². The summed E-state index contributed by atoms with van der Waals surface area (Å²) in [6.45, 7) is 0. The van der Waals surface area contributed by atoms with Gasteiger partial charge in [-0.2, -0.15) is 0 Å². The maximum Gasteiger partial charge on any atom is 0.123 e. The highest BCUT2D eigenvalue weighted by molar-refractivity contribution is 5.20. The van der Waals surface area contributed by atoms with E-state index in [0.717, 1.165) is 30.6 Å². The molecule has 0 atom stereocenters. The molecule has 2 saturated carbocycles. The molecule has 0 heterocycles. The van der Waals surface area contributed by atoms with Gasteiger partial charge in [0.05, 0.1) is 6.33 Å². The van der Waals surface area contributed by atoms with Crippen molar-refractivity contribution in [3.05, 3.63) is 48.1 Å². The van der Waals surface area contributed by atoms with Gasteiger partial charge in [0, 0.05) is 0 Å². The van der Waals surface area contributed by atoms with Crippen molar-refractivity contribution in [1.82, 2.24) is 0 Å². The molecule has 25 heavy (non-hydrogen) atoms. The van der Waals surface area contributed by atoms with E-state index in [-0.39, 0.29) is 5.82 Å². The lowest BCUT2D eigenvalue weighted by Crippen LogP contribution is -2.25. The number of halogens is 2. The fourth-order valence-corrected chi connectivity index (χ4v) is 5.19. The van der Waals surface area contributed by atoms with Crippen molar-refractivity contribution in [3.63, 3.8) is 0 Å². The summed E-state index contributed by atoms with van der Waals surface area (Å²) in [4.78, 5) is 0. The zero-order chi connectivity index (χ0) is 17.5. The Morgan fingerprint density at radius 1 is 0.840 bits per heavy atom. The summed E-state index contributed by atoms with van der Waals surface area (Å²) in [6, 6.07) is 7.16. The summed E-state index contributed by atoms with van der Waals surface area (Å²) in [7, 11) is 0. The van der Waals surface area contributed by atoms with Crippen molar-refractivity contribution in [2.75, 3.05) is 0 Å². The van der Waals surface area contributed by atoms with E-state index in [4.69, 9.17) is 0 Å². The molecule has 2 aliphatic rings. The number of unbranched alkanes of at least 4 members (excludes halogenated alkanes) is 1. The van der Waals surface area contributed by atoms with E-state index in [1.807, 2.05) is 12.1 Å². The maximum atomic E-state index is 13.1. The molecule has 1 aromatic carbocycles. The van der Waals surface area contributed by atoms with Gasteiger partial charge in [-0.05, 0) is 92.7 Å². The van der Waals surface area contributed by atoms with Crippen molar-refractivity contribution in [1.29, 1.82) is 0 Å². The van der Waals surface area contributed by atoms with E-state index < -0.39 is 0 Å². The molecule has 1 aromatic rings. The normalized spacial score (nSPS) is 30.6. The molecule has 2 fully saturated rings. The SMILES string of the molecule is F/C=C/CCC[C@H]1CC[C@H](C2CCC(c3ccc(F)cc3)CC2)CC1. The minimum Gasteiger partial charge on any atom is -0.216 e. The number of hydrogen-bond donors (Lipinski definition) is 0. The first-order chi connectivity index (χ1) is 12.3. The van der Waals surface area contributed by atoms with Crippen LogP contribution < -0.4 is 0 Å². The molecule has 0 aliphatic heterocycles. The third kappa shape index (κ3) is 5.39. The van der Waals surface area contributed by atoms with Crippen LogP contribution >= 0.6 is 0 Å². The predicted molar refractivity (Wildman–Crippen MR) is 101 cm³/mol. The molecule has 138 valence electrons. The van der Waals surface area contributed by atoms with Crippen LogP contribution in [0.25, 0.3) is 0 Å². The number of benzene rings is 1. The first kappa shape index (κ1) is 18.6. The second-order valence-electron chi connectivity index (χ2n) is 8.24. The van der Waals surface area contributed by atoms with Crippen LogP contribution in [0.2, 0.25) is 0 Å². The molecule has 0 unspecified atom stereocenters. The van der Waals surface area contributed by atoms with E-state index in [2.05, 4.69) is 0 Å². The third-order valence-electron chi connectivity index (χ3n) is 6.74. The highest BCUT2D eigenvalue weighted by Gasteiger charge is 2.31. The van der Waals surface area contributed by atoms with E-state index in [1.165, 1.54) is 63.4 Å². The largest absolute Gasteiger partial charge is 0.216 e. The lowest BCUT2D eigenvalue weighted by atomic mass is 9.68. The summed E-state index contributed by atoms with van der Waals surface area (Å²) in [6.07, 6.45) is 16.4. The highest BCUT2D eigenvalue weighted by Crippen LogP contribution is 2.44. The van der Waals surface area contributed by atoms with Gasteiger partial charge in [0.2, 0.25) is 0 Å². The molecule has 3 rings (SSSR count). The molecule has 0 saturated heterocycles. The second-order valence-corrected chi connectivity index (χ2v) is 8.24.